The zero-order valence-corrected chi connectivity index (χ0v) is 16.6. The second kappa shape index (κ2) is 8.75. The van der Waals surface area contributed by atoms with Crippen molar-refractivity contribution in [3.05, 3.63) is 85.2 Å². The van der Waals surface area contributed by atoms with E-state index < -0.39 is 0 Å². The number of rotatable bonds is 6. The number of nitrogens with one attached hydrogen (secondary N) is 1. The smallest absolute Gasteiger partial charge is 0.237 e. The van der Waals surface area contributed by atoms with Crippen LogP contribution in [0.5, 0.6) is 11.5 Å². The molecule has 144 valence electrons. The second-order valence-corrected chi connectivity index (χ2v) is 7.71. The van der Waals surface area contributed by atoms with Crippen molar-refractivity contribution >= 4 is 34.3 Å². The Morgan fingerprint density at radius 3 is 2.38 bits per heavy atom. The van der Waals surface area contributed by atoms with E-state index in [0.29, 0.717) is 5.75 Å². The lowest BCUT2D eigenvalue weighted by atomic mass is 10.2. The third-order valence-electron chi connectivity index (χ3n) is 4.26. The Morgan fingerprint density at radius 1 is 0.897 bits per heavy atom. The third-order valence-corrected chi connectivity index (χ3v) is 5.38. The summed E-state index contributed by atoms with van der Waals surface area (Å²) < 4.78 is 5.77. The lowest BCUT2D eigenvalue weighted by Gasteiger charge is -2.13. The molecule has 1 N–H and O–H groups in total. The summed E-state index contributed by atoms with van der Waals surface area (Å²) in [4.78, 5) is 21.2. The Morgan fingerprint density at radius 2 is 1.59 bits per heavy atom. The molecule has 0 spiro atoms. The summed E-state index contributed by atoms with van der Waals surface area (Å²) in [7, 11) is 0. The van der Waals surface area contributed by atoms with Gasteiger partial charge in [-0.3, -0.25) is 4.79 Å². The fourth-order valence-electron chi connectivity index (χ4n) is 2.77. The first-order valence-electron chi connectivity index (χ1n) is 9.19. The van der Waals surface area contributed by atoms with Crippen LogP contribution in [0.1, 0.15) is 6.92 Å². The number of hydrogen-bond donors (Lipinski definition) is 1. The zero-order valence-electron chi connectivity index (χ0n) is 15.8. The van der Waals surface area contributed by atoms with Crippen LogP contribution in [0, 0.1) is 0 Å². The Hall–Kier alpha value is -3.38. The lowest BCUT2D eigenvalue weighted by Crippen LogP contribution is -2.22. The molecule has 0 unspecified atom stereocenters. The van der Waals surface area contributed by atoms with Gasteiger partial charge in [0.25, 0.3) is 0 Å². The van der Waals surface area contributed by atoms with Crippen LogP contribution >= 0.6 is 11.8 Å². The van der Waals surface area contributed by atoms with E-state index in [1.807, 2.05) is 85.8 Å². The van der Waals surface area contributed by atoms with Gasteiger partial charge in [-0.1, -0.05) is 48.2 Å². The summed E-state index contributed by atoms with van der Waals surface area (Å²) in [6, 6.07) is 24.7. The van der Waals surface area contributed by atoms with E-state index in [2.05, 4.69) is 15.3 Å². The quantitative estimate of drug-likeness (QED) is 0.339. The first kappa shape index (κ1) is 19.0. The zero-order chi connectivity index (χ0) is 20.1. The molecule has 0 saturated heterocycles. The lowest BCUT2D eigenvalue weighted by molar-refractivity contribution is -0.115. The Kier molecular flexibility index (Phi) is 5.72. The van der Waals surface area contributed by atoms with Crippen LogP contribution in [0.4, 0.5) is 5.69 Å². The monoisotopic (exact) mass is 401 g/mol. The number of carbonyl (C=O) groups excluding carboxylic acids is 1. The number of nitrogens with zero attached hydrogens (tertiary/aromatic N) is 2. The predicted molar refractivity (Wildman–Crippen MR) is 116 cm³/mol. The molecule has 4 aromatic rings. The fraction of sp³-hybridized carbons (Fsp3) is 0.0870. The molecule has 0 aliphatic rings. The Bertz CT molecular complexity index is 1110. The van der Waals surface area contributed by atoms with E-state index in [-0.39, 0.29) is 11.2 Å². The van der Waals surface area contributed by atoms with Crippen LogP contribution in [0.25, 0.3) is 10.9 Å². The highest BCUT2D eigenvalue weighted by molar-refractivity contribution is 8.00. The number of hydrogen-bond acceptors (Lipinski definition) is 5. The Balaban J connectivity index is 1.39. The van der Waals surface area contributed by atoms with Crippen LogP contribution in [-0.2, 0) is 4.79 Å². The van der Waals surface area contributed by atoms with Crippen molar-refractivity contribution in [3.8, 4) is 11.5 Å². The van der Waals surface area contributed by atoms with Crippen molar-refractivity contribution in [1.29, 1.82) is 0 Å². The van der Waals surface area contributed by atoms with E-state index in [0.717, 1.165) is 27.4 Å². The average Bonchev–Trinajstić information content (AvgIpc) is 2.76. The number of carbonyl (C=O) groups is 1. The molecule has 0 aliphatic heterocycles. The number of para-hydroxylation sites is 2. The largest absolute Gasteiger partial charge is 0.457 e. The summed E-state index contributed by atoms with van der Waals surface area (Å²) in [6.45, 7) is 1.86. The van der Waals surface area contributed by atoms with Gasteiger partial charge >= 0.3 is 0 Å². The number of benzene rings is 3. The van der Waals surface area contributed by atoms with E-state index in [9.17, 15) is 4.79 Å². The molecule has 3 aromatic carbocycles. The molecule has 1 atom stereocenters. The van der Waals surface area contributed by atoms with E-state index >= 15 is 0 Å². The topological polar surface area (TPSA) is 64.1 Å². The molecule has 29 heavy (non-hydrogen) atoms. The van der Waals surface area contributed by atoms with Crippen molar-refractivity contribution in [2.75, 3.05) is 5.32 Å². The van der Waals surface area contributed by atoms with Crippen LogP contribution in [0.3, 0.4) is 0 Å². The molecular formula is C23H19N3O2S. The minimum absolute atomic E-state index is 0.0885. The highest BCUT2D eigenvalue weighted by Crippen LogP contribution is 2.29. The Labute approximate surface area is 173 Å². The van der Waals surface area contributed by atoms with Gasteiger partial charge in [0.1, 0.15) is 22.9 Å². The second-order valence-electron chi connectivity index (χ2n) is 6.38. The highest BCUT2D eigenvalue weighted by atomic mass is 32.2. The van der Waals surface area contributed by atoms with Gasteiger partial charge in [0.05, 0.1) is 10.8 Å². The predicted octanol–water partition coefficient (Wildman–Crippen LogP) is 5.54. The van der Waals surface area contributed by atoms with Crippen LogP contribution in [0.2, 0.25) is 0 Å². The third kappa shape index (κ3) is 4.73. The molecule has 0 fully saturated rings. The maximum absolute atomic E-state index is 12.6. The molecular weight excluding hydrogens is 382 g/mol. The van der Waals surface area contributed by atoms with Gasteiger partial charge in [0.2, 0.25) is 5.91 Å². The standard InChI is InChI=1S/C23H19N3O2S/c1-16(29-23-20-9-5-6-10-21(20)24-15-25-23)22(27)26-17-11-13-19(14-12-17)28-18-7-3-2-4-8-18/h2-16H,1H3,(H,26,27)/t16-/m1/s1. The van der Waals surface area contributed by atoms with Gasteiger partial charge in [-0.15, -0.1) is 0 Å². The molecule has 0 saturated carbocycles. The van der Waals surface area contributed by atoms with Crippen LogP contribution in [0.15, 0.2) is 90.2 Å². The minimum atomic E-state index is -0.312. The van der Waals surface area contributed by atoms with Crippen molar-refractivity contribution in [3.63, 3.8) is 0 Å². The molecule has 0 bridgehead atoms. The van der Waals surface area contributed by atoms with Crippen molar-refractivity contribution in [2.24, 2.45) is 0 Å². The number of ether oxygens (including phenoxy) is 1. The maximum atomic E-state index is 12.6. The normalized spacial score (nSPS) is 11.8. The molecule has 4 rings (SSSR count). The SMILES string of the molecule is C[C@@H](Sc1ncnc2ccccc12)C(=O)Nc1ccc(Oc2ccccc2)cc1. The maximum Gasteiger partial charge on any atom is 0.237 e. The van der Waals surface area contributed by atoms with Gasteiger partial charge in [0.15, 0.2) is 0 Å². The summed E-state index contributed by atoms with van der Waals surface area (Å²) in [6.07, 6.45) is 1.53. The molecule has 1 amide bonds. The number of fused-ring (bicyclic) bond motifs is 1. The van der Waals surface area contributed by atoms with Crippen LogP contribution < -0.4 is 10.1 Å². The van der Waals surface area contributed by atoms with E-state index in [1.165, 1.54) is 18.1 Å². The molecule has 0 radical (unpaired) electrons. The van der Waals surface area contributed by atoms with Crippen LogP contribution in [-0.4, -0.2) is 21.1 Å². The summed E-state index contributed by atoms with van der Waals surface area (Å²) in [5, 5.41) is 4.37. The molecule has 1 aromatic heterocycles. The van der Waals surface area contributed by atoms with E-state index in [4.69, 9.17) is 4.74 Å². The molecule has 0 aliphatic carbocycles. The fourth-order valence-corrected chi connectivity index (χ4v) is 3.68. The van der Waals surface area contributed by atoms with Crippen molar-refractivity contribution in [2.45, 2.75) is 17.2 Å². The highest BCUT2D eigenvalue weighted by Gasteiger charge is 2.17. The number of amides is 1. The molecule has 5 nitrogen and oxygen atoms in total. The summed E-state index contributed by atoms with van der Waals surface area (Å²) in [5.74, 6) is 1.39. The average molecular weight is 401 g/mol. The van der Waals surface area contributed by atoms with Gasteiger partial charge in [-0.05, 0) is 49.4 Å². The van der Waals surface area contributed by atoms with Crippen molar-refractivity contribution in [1.82, 2.24) is 9.97 Å². The minimum Gasteiger partial charge on any atom is -0.457 e. The molecule has 6 heteroatoms. The first-order valence-corrected chi connectivity index (χ1v) is 10.1. The van der Waals surface area contributed by atoms with E-state index in [1.54, 1.807) is 0 Å². The van der Waals surface area contributed by atoms with Crippen molar-refractivity contribution < 1.29 is 9.53 Å². The van der Waals surface area contributed by atoms with Gasteiger partial charge in [-0.25, -0.2) is 9.97 Å². The molecule has 1 heterocycles. The van der Waals surface area contributed by atoms with Gasteiger partial charge in [-0.2, -0.15) is 0 Å². The van der Waals surface area contributed by atoms with Gasteiger partial charge in [0, 0.05) is 11.1 Å². The summed E-state index contributed by atoms with van der Waals surface area (Å²) in [5.41, 5.74) is 1.59. The first-order chi connectivity index (χ1) is 14.2. The van der Waals surface area contributed by atoms with Gasteiger partial charge < -0.3 is 10.1 Å². The summed E-state index contributed by atoms with van der Waals surface area (Å²) >= 11 is 1.42. The number of thioether (sulfide) groups is 1. The number of aromatic nitrogens is 2. The number of anilines is 1.